The molecule has 4 rings (SSSR count). The summed E-state index contributed by atoms with van der Waals surface area (Å²) in [6, 6.07) is 13.1. The molecule has 0 saturated carbocycles. The third-order valence-electron chi connectivity index (χ3n) is 4.69. The van der Waals surface area contributed by atoms with Gasteiger partial charge < -0.3 is 19.1 Å². The van der Waals surface area contributed by atoms with Crippen molar-refractivity contribution in [2.45, 2.75) is 19.1 Å². The second-order valence-corrected chi connectivity index (χ2v) is 6.83. The molecule has 0 atom stereocenters. The highest BCUT2D eigenvalue weighted by Gasteiger charge is 2.56. The van der Waals surface area contributed by atoms with Crippen molar-refractivity contribution in [3.8, 4) is 5.75 Å². The summed E-state index contributed by atoms with van der Waals surface area (Å²) in [4.78, 5) is 14.8. The highest BCUT2D eigenvalue weighted by Crippen LogP contribution is 2.47. The standard InChI is InChI=1S/C20H20ClNO4/c1-14-4-2-5-17-18(14)22(19(23)20(17)25-12-13-26-20)10-3-11-24-16-8-6-15(21)7-9-16/h2,4-9H,3,10-13H2,1H3. The van der Waals surface area contributed by atoms with Crippen molar-refractivity contribution in [3.05, 3.63) is 58.6 Å². The molecule has 26 heavy (non-hydrogen) atoms. The minimum absolute atomic E-state index is 0.147. The van der Waals surface area contributed by atoms with Crippen molar-refractivity contribution in [1.29, 1.82) is 0 Å². The fourth-order valence-corrected chi connectivity index (χ4v) is 3.65. The number of halogens is 1. The normalized spacial score (nSPS) is 17.8. The maximum absolute atomic E-state index is 13.1. The van der Waals surface area contributed by atoms with Crippen molar-refractivity contribution in [3.63, 3.8) is 0 Å². The minimum Gasteiger partial charge on any atom is -0.494 e. The topological polar surface area (TPSA) is 48.0 Å². The predicted octanol–water partition coefficient (Wildman–Crippen LogP) is 3.66. The molecule has 6 heteroatoms. The summed E-state index contributed by atoms with van der Waals surface area (Å²) >= 11 is 5.87. The lowest BCUT2D eigenvalue weighted by Crippen LogP contribution is -2.41. The summed E-state index contributed by atoms with van der Waals surface area (Å²) in [7, 11) is 0. The Bertz CT molecular complexity index is 815. The average molecular weight is 374 g/mol. The van der Waals surface area contributed by atoms with Crippen LogP contribution in [0.4, 0.5) is 5.69 Å². The number of aryl methyl sites for hydroxylation is 1. The van der Waals surface area contributed by atoms with Crippen LogP contribution in [0.3, 0.4) is 0 Å². The van der Waals surface area contributed by atoms with Gasteiger partial charge in [0, 0.05) is 17.1 Å². The molecule has 1 fully saturated rings. The number of para-hydroxylation sites is 1. The molecule has 136 valence electrons. The SMILES string of the molecule is Cc1cccc2c1N(CCCOc1ccc(Cl)cc1)C(=O)C21OCCO1. The minimum atomic E-state index is -1.27. The first-order valence-corrected chi connectivity index (χ1v) is 9.08. The maximum atomic E-state index is 13.1. The molecule has 2 heterocycles. The number of carbonyl (C=O) groups excluding carboxylic acids is 1. The van der Waals surface area contributed by atoms with Crippen molar-refractivity contribution in [2.75, 3.05) is 31.3 Å². The Morgan fingerprint density at radius 3 is 2.62 bits per heavy atom. The Kier molecular flexibility index (Phi) is 4.61. The number of benzene rings is 2. The van der Waals surface area contributed by atoms with E-state index >= 15 is 0 Å². The van der Waals surface area contributed by atoms with E-state index in [4.69, 9.17) is 25.8 Å². The third kappa shape index (κ3) is 2.86. The first kappa shape index (κ1) is 17.3. The largest absolute Gasteiger partial charge is 0.494 e. The Balaban J connectivity index is 1.47. The Morgan fingerprint density at radius 2 is 1.88 bits per heavy atom. The monoisotopic (exact) mass is 373 g/mol. The van der Waals surface area contributed by atoms with E-state index in [0.29, 0.717) is 37.8 Å². The van der Waals surface area contributed by atoms with Gasteiger partial charge in [-0.05, 0) is 43.2 Å². The molecule has 0 unspecified atom stereocenters. The van der Waals surface area contributed by atoms with Crippen LogP contribution in [-0.2, 0) is 20.1 Å². The molecule has 0 aromatic heterocycles. The van der Waals surface area contributed by atoms with E-state index in [1.807, 2.05) is 37.3 Å². The molecule has 1 amide bonds. The quantitative estimate of drug-likeness (QED) is 0.750. The number of fused-ring (bicyclic) bond motifs is 2. The molecular formula is C20H20ClNO4. The van der Waals surface area contributed by atoms with Crippen molar-refractivity contribution >= 4 is 23.2 Å². The first-order valence-electron chi connectivity index (χ1n) is 8.70. The van der Waals surface area contributed by atoms with Crippen LogP contribution in [-0.4, -0.2) is 32.3 Å². The van der Waals surface area contributed by atoms with Gasteiger partial charge in [-0.3, -0.25) is 4.79 Å². The Morgan fingerprint density at radius 1 is 1.15 bits per heavy atom. The molecule has 2 aromatic rings. The van der Waals surface area contributed by atoms with Crippen LogP contribution in [0.15, 0.2) is 42.5 Å². The number of hydrogen-bond donors (Lipinski definition) is 0. The zero-order valence-electron chi connectivity index (χ0n) is 14.5. The summed E-state index contributed by atoms with van der Waals surface area (Å²) in [5.41, 5.74) is 2.73. The first-order chi connectivity index (χ1) is 12.6. The van der Waals surface area contributed by atoms with Crippen molar-refractivity contribution in [1.82, 2.24) is 0 Å². The summed E-state index contributed by atoms with van der Waals surface area (Å²) in [5, 5.41) is 0.675. The van der Waals surface area contributed by atoms with Crippen molar-refractivity contribution in [2.24, 2.45) is 0 Å². The molecule has 0 aliphatic carbocycles. The number of anilines is 1. The fourth-order valence-electron chi connectivity index (χ4n) is 3.53. The van der Waals surface area contributed by atoms with E-state index in [-0.39, 0.29) is 5.91 Å². The van der Waals surface area contributed by atoms with Crippen LogP contribution in [0.5, 0.6) is 5.75 Å². The van der Waals surface area contributed by atoms with Gasteiger partial charge >= 0.3 is 0 Å². The molecule has 1 saturated heterocycles. The average Bonchev–Trinajstić information content (AvgIpc) is 3.22. The van der Waals surface area contributed by atoms with Gasteiger partial charge in [-0.25, -0.2) is 0 Å². The lowest BCUT2D eigenvalue weighted by Gasteiger charge is -2.22. The molecule has 0 N–H and O–H groups in total. The summed E-state index contributed by atoms with van der Waals surface area (Å²) in [5.74, 6) is -0.651. The van der Waals surface area contributed by atoms with Gasteiger partial charge in [0.15, 0.2) is 0 Å². The van der Waals surface area contributed by atoms with E-state index in [9.17, 15) is 4.79 Å². The maximum Gasteiger partial charge on any atom is 0.292 e. The van der Waals surface area contributed by atoms with Crippen LogP contribution >= 0.6 is 11.6 Å². The number of hydrogen-bond acceptors (Lipinski definition) is 4. The van der Waals surface area contributed by atoms with Gasteiger partial charge in [0.1, 0.15) is 5.75 Å². The molecule has 0 bridgehead atoms. The van der Waals surface area contributed by atoms with Gasteiger partial charge in [0.05, 0.1) is 25.5 Å². The smallest absolute Gasteiger partial charge is 0.292 e. The van der Waals surface area contributed by atoms with Gasteiger partial charge in [-0.1, -0.05) is 29.8 Å². The second-order valence-electron chi connectivity index (χ2n) is 6.40. The zero-order chi connectivity index (χ0) is 18.1. The molecule has 2 aromatic carbocycles. The number of rotatable bonds is 5. The second kappa shape index (κ2) is 6.91. The summed E-state index contributed by atoms with van der Waals surface area (Å²) in [6.45, 7) is 3.89. The number of nitrogens with zero attached hydrogens (tertiary/aromatic N) is 1. The van der Waals surface area contributed by atoms with E-state index < -0.39 is 5.79 Å². The van der Waals surface area contributed by atoms with E-state index in [1.54, 1.807) is 17.0 Å². The Hall–Kier alpha value is -2.08. The molecule has 1 spiro atoms. The highest BCUT2D eigenvalue weighted by atomic mass is 35.5. The highest BCUT2D eigenvalue weighted by molar-refractivity contribution is 6.30. The molecule has 2 aliphatic heterocycles. The number of amides is 1. The fraction of sp³-hybridized carbons (Fsp3) is 0.350. The summed E-state index contributed by atoms with van der Waals surface area (Å²) < 4.78 is 17.2. The Labute approximate surface area is 157 Å². The van der Waals surface area contributed by atoms with E-state index in [1.165, 1.54) is 0 Å². The van der Waals surface area contributed by atoms with Gasteiger partial charge in [0.2, 0.25) is 0 Å². The lowest BCUT2D eigenvalue weighted by molar-refractivity contribution is -0.180. The molecule has 2 aliphatic rings. The number of carbonyl (C=O) groups is 1. The van der Waals surface area contributed by atoms with Crippen LogP contribution in [0.2, 0.25) is 5.02 Å². The number of ether oxygens (including phenoxy) is 3. The lowest BCUT2D eigenvalue weighted by atomic mass is 10.0. The van der Waals surface area contributed by atoms with Gasteiger partial charge in [-0.15, -0.1) is 0 Å². The summed E-state index contributed by atoms with van der Waals surface area (Å²) in [6.07, 6.45) is 0.693. The van der Waals surface area contributed by atoms with E-state index in [0.717, 1.165) is 22.6 Å². The molecule has 5 nitrogen and oxygen atoms in total. The predicted molar refractivity (Wildman–Crippen MR) is 98.7 cm³/mol. The third-order valence-corrected chi connectivity index (χ3v) is 4.94. The van der Waals surface area contributed by atoms with Crippen LogP contribution in [0.1, 0.15) is 17.5 Å². The van der Waals surface area contributed by atoms with Crippen molar-refractivity contribution < 1.29 is 19.0 Å². The zero-order valence-corrected chi connectivity index (χ0v) is 15.3. The van der Waals surface area contributed by atoms with Crippen LogP contribution in [0, 0.1) is 6.92 Å². The van der Waals surface area contributed by atoms with Gasteiger partial charge in [-0.2, -0.15) is 0 Å². The van der Waals surface area contributed by atoms with Crippen LogP contribution < -0.4 is 9.64 Å². The van der Waals surface area contributed by atoms with Gasteiger partial charge in [0.25, 0.3) is 11.7 Å². The molecular weight excluding hydrogens is 354 g/mol. The van der Waals surface area contributed by atoms with Crippen LogP contribution in [0.25, 0.3) is 0 Å². The van der Waals surface area contributed by atoms with E-state index in [2.05, 4.69) is 0 Å². The molecule has 0 radical (unpaired) electrons.